The fourth-order valence-electron chi connectivity index (χ4n) is 1.60. The van der Waals surface area contributed by atoms with E-state index in [1.807, 2.05) is 6.92 Å². The summed E-state index contributed by atoms with van der Waals surface area (Å²) in [5.74, 6) is -0.694. The zero-order valence-corrected chi connectivity index (χ0v) is 11.3. The van der Waals surface area contributed by atoms with Crippen molar-refractivity contribution in [3.8, 4) is 0 Å². The van der Waals surface area contributed by atoms with Gasteiger partial charge in [-0.25, -0.2) is 8.78 Å². The third kappa shape index (κ3) is 3.51. The van der Waals surface area contributed by atoms with Gasteiger partial charge < -0.3 is 15.1 Å². The highest BCUT2D eigenvalue weighted by molar-refractivity contribution is 5.53. The summed E-state index contributed by atoms with van der Waals surface area (Å²) in [6.45, 7) is 4.81. The Morgan fingerprint density at radius 3 is 2.75 bits per heavy atom. The molecule has 0 radical (unpaired) electrons. The molecule has 0 amide bonds. The summed E-state index contributed by atoms with van der Waals surface area (Å²) in [6, 6.07) is 2.20. The average Bonchev–Trinajstić information content (AvgIpc) is 2.84. The van der Waals surface area contributed by atoms with Crippen LogP contribution >= 0.6 is 0 Å². The third-order valence-electron chi connectivity index (χ3n) is 2.66. The molecule has 0 saturated heterocycles. The lowest BCUT2D eigenvalue weighted by Gasteiger charge is -2.05. The Morgan fingerprint density at radius 2 is 2.00 bits per heavy atom. The number of halogens is 2. The summed E-state index contributed by atoms with van der Waals surface area (Å²) in [6.07, 6.45) is 0.993. The highest BCUT2D eigenvalue weighted by Crippen LogP contribution is 2.22. The third-order valence-corrected chi connectivity index (χ3v) is 2.66. The van der Waals surface area contributed by atoms with Crippen molar-refractivity contribution in [1.82, 2.24) is 15.5 Å². The summed E-state index contributed by atoms with van der Waals surface area (Å²) >= 11 is 0. The fraction of sp³-hybridized carbons (Fsp3) is 0.385. The second-order valence-electron chi connectivity index (χ2n) is 4.38. The van der Waals surface area contributed by atoms with E-state index < -0.39 is 11.6 Å². The van der Waals surface area contributed by atoms with Crippen LogP contribution in [0.1, 0.15) is 24.8 Å². The number of rotatable bonds is 6. The Balaban J connectivity index is 2.05. The number of hydrogen-bond donors (Lipinski definition) is 2. The van der Waals surface area contributed by atoms with Gasteiger partial charge in [-0.05, 0) is 31.5 Å². The molecule has 0 fully saturated rings. The molecule has 1 aromatic heterocycles. The first-order valence-electron chi connectivity index (χ1n) is 6.36. The highest BCUT2D eigenvalue weighted by Gasteiger charge is 2.11. The molecule has 0 unspecified atom stereocenters. The van der Waals surface area contributed by atoms with E-state index in [0.717, 1.165) is 25.1 Å². The number of anilines is 2. The molecule has 0 aliphatic carbocycles. The monoisotopic (exact) mass is 282 g/mol. The predicted octanol–water partition coefficient (Wildman–Crippen LogP) is 2.90. The SMILES string of the molecule is CCCNCc1nnc(Nc2cc(F)c(C)cc2F)o1. The number of aryl methyl sites for hydroxylation is 1. The van der Waals surface area contributed by atoms with Crippen LogP contribution in [0, 0.1) is 18.6 Å². The van der Waals surface area contributed by atoms with Crippen molar-refractivity contribution in [2.24, 2.45) is 0 Å². The van der Waals surface area contributed by atoms with Gasteiger partial charge in [0.25, 0.3) is 0 Å². The van der Waals surface area contributed by atoms with Gasteiger partial charge in [-0.3, -0.25) is 0 Å². The van der Waals surface area contributed by atoms with E-state index in [9.17, 15) is 8.78 Å². The van der Waals surface area contributed by atoms with Crippen LogP contribution in [0.15, 0.2) is 16.5 Å². The molecule has 0 atom stereocenters. The molecule has 0 aliphatic rings. The van der Waals surface area contributed by atoms with Gasteiger partial charge >= 0.3 is 6.01 Å². The van der Waals surface area contributed by atoms with Crippen molar-refractivity contribution < 1.29 is 13.2 Å². The Kier molecular flexibility index (Phi) is 4.62. The fourth-order valence-corrected chi connectivity index (χ4v) is 1.60. The highest BCUT2D eigenvalue weighted by atomic mass is 19.1. The molecule has 0 aliphatic heterocycles. The molecule has 7 heteroatoms. The molecule has 5 nitrogen and oxygen atoms in total. The van der Waals surface area contributed by atoms with Crippen molar-refractivity contribution in [2.75, 3.05) is 11.9 Å². The van der Waals surface area contributed by atoms with Gasteiger partial charge in [-0.2, -0.15) is 0 Å². The predicted molar refractivity (Wildman–Crippen MR) is 70.7 cm³/mol. The van der Waals surface area contributed by atoms with Crippen LogP contribution in [0.5, 0.6) is 0 Å². The van der Waals surface area contributed by atoms with Gasteiger partial charge in [0.15, 0.2) is 0 Å². The van der Waals surface area contributed by atoms with E-state index in [1.54, 1.807) is 0 Å². The lowest BCUT2D eigenvalue weighted by atomic mass is 10.2. The largest absolute Gasteiger partial charge is 0.406 e. The Hall–Kier alpha value is -2.02. The number of hydrogen-bond acceptors (Lipinski definition) is 5. The summed E-state index contributed by atoms with van der Waals surface area (Å²) in [5.41, 5.74) is 0.202. The first-order valence-corrected chi connectivity index (χ1v) is 6.36. The standard InChI is InChI=1S/C13H16F2N4O/c1-3-4-16-7-12-18-19-13(20-12)17-11-6-9(14)8(2)5-10(11)15/h5-6,16H,3-4,7H2,1-2H3,(H,17,19). The van der Waals surface area contributed by atoms with E-state index in [0.29, 0.717) is 12.4 Å². The van der Waals surface area contributed by atoms with Crippen molar-refractivity contribution in [2.45, 2.75) is 26.8 Å². The maximum Gasteiger partial charge on any atom is 0.320 e. The van der Waals surface area contributed by atoms with Gasteiger partial charge in [0.05, 0.1) is 12.2 Å². The lowest BCUT2D eigenvalue weighted by Crippen LogP contribution is -2.13. The van der Waals surface area contributed by atoms with Crippen molar-refractivity contribution >= 4 is 11.7 Å². The van der Waals surface area contributed by atoms with E-state index in [2.05, 4.69) is 20.8 Å². The average molecular weight is 282 g/mol. The van der Waals surface area contributed by atoms with Gasteiger partial charge in [0.1, 0.15) is 11.6 Å². The van der Waals surface area contributed by atoms with Crippen LogP contribution in [-0.4, -0.2) is 16.7 Å². The van der Waals surface area contributed by atoms with E-state index >= 15 is 0 Å². The van der Waals surface area contributed by atoms with E-state index in [-0.39, 0.29) is 17.3 Å². The second-order valence-corrected chi connectivity index (χ2v) is 4.38. The molecule has 1 aromatic carbocycles. The van der Waals surface area contributed by atoms with Crippen molar-refractivity contribution in [1.29, 1.82) is 0 Å². The van der Waals surface area contributed by atoms with Crippen LogP contribution in [-0.2, 0) is 6.54 Å². The molecule has 1 heterocycles. The number of benzene rings is 1. The Morgan fingerprint density at radius 1 is 1.20 bits per heavy atom. The smallest absolute Gasteiger partial charge is 0.320 e. The van der Waals surface area contributed by atoms with Crippen molar-refractivity contribution in [3.05, 3.63) is 35.2 Å². The quantitative estimate of drug-likeness (QED) is 0.798. The number of nitrogens with one attached hydrogen (secondary N) is 2. The van der Waals surface area contributed by atoms with Gasteiger partial charge in [-0.1, -0.05) is 12.0 Å². The maximum atomic E-state index is 13.6. The molecule has 2 N–H and O–H groups in total. The van der Waals surface area contributed by atoms with E-state index in [4.69, 9.17) is 4.42 Å². The summed E-state index contributed by atoms with van der Waals surface area (Å²) < 4.78 is 32.3. The first-order chi connectivity index (χ1) is 9.60. The molecular weight excluding hydrogens is 266 g/mol. The van der Waals surface area contributed by atoms with Gasteiger partial charge in [0.2, 0.25) is 5.89 Å². The number of aromatic nitrogens is 2. The van der Waals surface area contributed by atoms with Crippen LogP contribution in [0.25, 0.3) is 0 Å². The minimum Gasteiger partial charge on any atom is -0.406 e. The van der Waals surface area contributed by atoms with Crippen LogP contribution < -0.4 is 10.6 Å². The van der Waals surface area contributed by atoms with Gasteiger partial charge in [0, 0.05) is 6.07 Å². The molecule has 2 aromatic rings. The summed E-state index contributed by atoms with van der Waals surface area (Å²) in [5, 5.41) is 13.2. The Labute approximate surface area is 115 Å². The van der Waals surface area contributed by atoms with Crippen LogP contribution in [0.3, 0.4) is 0 Å². The lowest BCUT2D eigenvalue weighted by molar-refractivity contribution is 0.479. The maximum absolute atomic E-state index is 13.6. The minimum atomic E-state index is -0.576. The van der Waals surface area contributed by atoms with Gasteiger partial charge in [-0.15, -0.1) is 5.10 Å². The Bertz CT molecular complexity index is 586. The molecule has 108 valence electrons. The normalized spacial score (nSPS) is 10.8. The van der Waals surface area contributed by atoms with E-state index in [1.165, 1.54) is 6.92 Å². The van der Waals surface area contributed by atoms with Crippen LogP contribution in [0.2, 0.25) is 0 Å². The zero-order valence-electron chi connectivity index (χ0n) is 11.3. The van der Waals surface area contributed by atoms with Crippen molar-refractivity contribution in [3.63, 3.8) is 0 Å². The van der Waals surface area contributed by atoms with Crippen LogP contribution in [0.4, 0.5) is 20.5 Å². The summed E-state index contributed by atoms with van der Waals surface area (Å²) in [4.78, 5) is 0. The first kappa shape index (κ1) is 14.4. The molecule has 20 heavy (non-hydrogen) atoms. The zero-order chi connectivity index (χ0) is 14.5. The number of nitrogens with zero attached hydrogens (tertiary/aromatic N) is 2. The second kappa shape index (κ2) is 6.42. The summed E-state index contributed by atoms with van der Waals surface area (Å²) in [7, 11) is 0. The molecule has 2 rings (SSSR count). The molecule has 0 bridgehead atoms. The molecule has 0 spiro atoms. The topological polar surface area (TPSA) is 63.0 Å². The molecule has 0 saturated carbocycles. The molecular formula is C13H16F2N4O. The minimum absolute atomic E-state index is 0.0282.